The molecule has 0 saturated carbocycles. The minimum absolute atomic E-state index is 0.0853. The van der Waals surface area contributed by atoms with Gasteiger partial charge in [0.2, 0.25) is 12.0 Å². The van der Waals surface area contributed by atoms with Gasteiger partial charge in [-0.1, -0.05) is 6.07 Å². The first kappa shape index (κ1) is 11.1. The Balaban J connectivity index is 3.24. The Morgan fingerprint density at radius 1 is 1.60 bits per heavy atom. The summed E-state index contributed by atoms with van der Waals surface area (Å²) in [7, 11) is 1.23. The lowest BCUT2D eigenvalue weighted by atomic mass is 10.1. The molecule has 1 aromatic rings. The number of benzene rings is 1. The van der Waals surface area contributed by atoms with Gasteiger partial charge in [0.15, 0.2) is 0 Å². The zero-order valence-electron chi connectivity index (χ0n) is 7.83. The molecule has 78 valence electrons. The molecule has 1 atom stereocenters. The summed E-state index contributed by atoms with van der Waals surface area (Å²) in [5.74, 6) is -2.22. The van der Waals surface area contributed by atoms with Crippen LogP contribution in [0.25, 0.3) is 0 Å². The van der Waals surface area contributed by atoms with Crippen LogP contribution in [-0.4, -0.2) is 19.1 Å². The first-order valence-electron chi connectivity index (χ1n) is 4.02. The predicted molar refractivity (Wildman–Crippen MR) is 47.8 cm³/mol. The van der Waals surface area contributed by atoms with Gasteiger partial charge in [0, 0.05) is 0 Å². The number of ketones is 1. The van der Waals surface area contributed by atoms with Crippen molar-refractivity contribution in [2.45, 2.75) is 6.17 Å². The summed E-state index contributed by atoms with van der Waals surface area (Å²) in [6, 6.07) is 4.75. The van der Waals surface area contributed by atoms with Gasteiger partial charge in [-0.25, -0.2) is 8.78 Å². The highest BCUT2D eigenvalue weighted by Crippen LogP contribution is 2.23. The first-order valence-corrected chi connectivity index (χ1v) is 4.02. The van der Waals surface area contributed by atoms with E-state index in [2.05, 4.69) is 0 Å². The van der Waals surface area contributed by atoms with Crippen LogP contribution in [0.4, 0.5) is 8.78 Å². The summed E-state index contributed by atoms with van der Waals surface area (Å²) in [6.45, 7) is 0. The number of halogens is 2. The highest BCUT2D eigenvalue weighted by atomic mass is 19.1. The van der Waals surface area contributed by atoms with E-state index in [1.165, 1.54) is 19.2 Å². The third-order valence-corrected chi connectivity index (χ3v) is 1.79. The molecule has 0 bridgehead atoms. The molecule has 0 heterocycles. The third-order valence-electron chi connectivity index (χ3n) is 1.79. The molecule has 0 aliphatic heterocycles. The number of methoxy groups -OCH3 is 1. The number of rotatable bonds is 3. The minimum atomic E-state index is -2.38. The van der Waals surface area contributed by atoms with Crippen LogP contribution in [0.1, 0.15) is 10.4 Å². The Hall–Kier alpha value is -1.96. The van der Waals surface area contributed by atoms with Gasteiger partial charge in [-0.05, 0) is 12.1 Å². The summed E-state index contributed by atoms with van der Waals surface area (Å²) in [4.78, 5) is 11.3. The number of hydrogen-bond donors (Lipinski definition) is 0. The average Bonchev–Trinajstić information content (AvgIpc) is 2.26. The van der Waals surface area contributed by atoms with Gasteiger partial charge < -0.3 is 4.74 Å². The maximum absolute atomic E-state index is 13.2. The van der Waals surface area contributed by atoms with E-state index in [0.29, 0.717) is 0 Å². The molecule has 0 N–H and O–H groups in total. The Labute approximate surface area is 84.9 Å². The molecule has 5 heteroatoms. The monoisotopic (exact) mass is 211 g/mol. The molecular weight excluding hydrogens is 204 g/mol. The fourth-order valence-electron chi connectivity index (χ4n) is 1.10. The first-order chi connectivity index (χ1) is 7.11. The van der Waals surface area contributed by atoms with Gasteiger partial charge in [-0.3, -0.25) is 4.79 Å². The van der Waals surface area contributed by atoms with Crippen molar-refractivity contribution >= 4 is 5.78 Å². The fourth-order valence-corrected chi connectivity index (χ4v) is 1.10. The topological polar surface area (TPSA) is 50.1 Å². The van der Waals surface area contributed by atoms with Gasteiger partial charge in [0.25, 0.3) is 0 Å². The fraction of sp³-hybridized carbons (Fsp3) is 0.200. The van der Waals surface area contributed by atoms with Crippen LogP contribution in [0.2, 0.25) is 0 Å². The molecule has 15 heavy (non-hydrogen) atoms. The third kappa shape index (κ3) is 2.10. The van der Waals surface area contributed by atoms with Crippen molar-refractivity contribution in [3.05, 3.63) is 29.6 Å². The molecule has 0 aliphatic carbocycles. The standard InChI is InChI=1S/C10H7F2NO2/c1-15-8-4-2-3-6(11)9(8)10(14)7(12)5-13/h2-4,7H,1H3. The van der Waals surface area contributed by atoms with Crippen LogP contribution in [0.15, 0.2) is 18.2 Å². The van der Waals surface area contributed by atoms with E-state index >= 15 is 0 Å². The van der Waals surface area contributed by atoms with Crippen molar-refractivity contribution < 1.29 is 18.3 Å². The highest BCUT2D eigenvalue weighted by molar-refractivity contribution is 6.03. The molecular formula is C10H7F2NO2. The van der Waals surface area contributed by atoms with Crippen LogP contribution in [0.3, 0.4) is 0 Å². The lowest BCUT2D eigenvalue weighted by Gasteiger charge is -2.07. The molecule has 0 saturated heterocycles. The number of alkyl halides is 1. The lowest BCUT2D eigenvalue weighted by molar-refractivity contribution is 0.0911. The second-order valence-electron chi connectivity index (χ2n) is 2.67. The van der Waals surface area contributed by atoms with Crippen LogP contribution in [-0.2, 0) is 0 Å². The van der Waals surface area contributed by atoms with Crippen molar-refractivity contribution in [3.8, 4) is 11.8 Å². The van der Waals surface area contributed by atoms with E-state index in [0.717, 1.165) is 12.1 Å². The molecule has 0 fully saturated rings. The molecule has 0 amide bonds. The number of hydrogen-bond acceptors (Lipinski definition) is 3. The van der Waals surface area contributed by atoms with Crippen molar-refractivity contribution in [2.75, 3.05) is 7.11 Å². The van der Waals surface area contributed by atoms with Crippen LogP contribution < -0.4 is 4.74 Å². The van der Waals surface area contributed by atoms with Crippen molar-refractivity contribution in [3.63, 3.8) is 0 Å². The van der Waals surface area contributed by atoms with E-state index < -0.39 is 23.3 Å². The Kier molecular flexibility index (Phi) is 3.34. The summed E-state index contributed by atoms with van der Waals surface area (Å²) >= 11 is 0. The van der Waals surface area contributed by atoms with Gasteiger partial charge in [0.05, 0.1) is 12.7 Å². The number of Topliss-reactive ketones (excluding diaryl/α,β-unsaturated/α-hetero) is 1. The summed E-state index contributed by atoms with van der Waals surface area (Å²) in [5, 5.41) is 8.21. The molecule has 1 unspecified atom stereocenters. The molecule has 0 spiro atoms. The maximum atomic E-state index is 13.2. The van der Waals surface area contributed by atoms with Gasteiger partial charge in [0.1, 0.15) is 17.6 Å². The maximum Gasteiger partial charge on any atom is 0.248 e. The Morgan fingerprint density at radius 2 is 2.27 bits per heavy atom. The molecule has 1 rings (SSSR count). The molecule has 3 nitrogen and oxygen atoms in total. The minimum Gasteiger partial charge on any atom is -0.496 e. The zero-order valence-corrected chi connectivity index (χ0v) is 7.83. The molecule has 0 radical (unpaired) electrons. The highest BCUT2D eigenvalue weighted by Gasteiger charge is 2.25. The van der Waals surface area contributed by atoms with Crippen LogP contribution in [0.5, 0.6) is 5.75 Å². The number of nitriles is 1. The van der Waals surface area contributed by atoms with Gasteiger partial charge in [-0.15, -0.1) is 0 Å². The quantitative estimate of drug-likeness (QED) is 0.717. The van der Waals surface area contributed by atoms with E-state index in [9.17, 15) is 13.6 Å². The van der Waals surface area contributed by atoms with E-state index in [1.54, 1.807) is 0 Å². The van der Waals surface area contributed by atoms with Gasteiger partial charge >= 0.3 is 0 Å². The van der Waals surface area contributed by atoms with E-state index in [1.807, 2.05) is 0 Å². The van der Waals surface area contributed by atoms with E-state index in [4.69, 9.17) is 10.00 Å². The largest absolute Gasteiger partial charge is 0.496 e. The van der Waals surface area contributed by atoms with Crippen LogP contribution >= 0.6 is 0 Å². The SMILES string of the molecule is COc1cccc(F)c1C(=O)C(F)C#N. The summed E-state index contributed by atoms with van der Waals surface area (Å²) in [6.07, 6.45) is -2.38. The van der Waals surface area contributed by atoms with E-state index in [-0.39, 0.29) is 5.75 Å². The van der Waals surface area contributed by atoms with Crippen molar-refractivity contribution in [1.29, 1.82) is 5.26 Å². The zero-order chi connectivity index (χ0) is 11.4. The number of carbonyl (C=O) groups is 1. The number of nitrogens with zero attached hydrogens (tertiary/aromatic N) is 1. The molecule has 0 aromatic heterocycles. The van der Waals surface area contributed by atoms with Crippen molar-refractivity contribution in [2.24, 2.45) is 0 Å². The second-order valence-corrected chi connectivity index (χ2v) is 2.67. The Bertz CT molecular complexity index is 426. The lowest BCUT2D eigenvalue weighted by Crippen LogP contribution is -2.16. The summed E-state index contributed by atoms with van der Waals surface area (Å²) in [5.41, 5.74) is -0.533. The smallest absolute Gasteiger partial charge is 0.248 e. The normalized spacial score (nSPS) is 11.6. The average molecular weight is 211 g/mol. The van der Waals surface area contributed by atoms with Crippen molar-refractivity contribution in [1.82, 2.24) is 0 Å². The molecule has 1 aromatic carbocycles. The number of carbonyl (C=O) groups excluding carboxylic acids is 1. The summed E-state index contributed by atoms with van der Waals surface area (Å²) < 4.78 is 30.7. The van der Waals surface area contributed by atoms with Crippen LogP contribution in [0, 0.1) is 17.1 Å². The Morgan fingerprint density at radius 3 is 2.80 bits per heavy atom. The predicted octanol–water partition coefficient (Wildman–Crippen LogP) is 1.88. The van der Waals surface area contributed by atoms with Gasteiger partial charge in [-0.2, -0.15) is 5.26 Å². The second kappa shape index (κ2) is 4.51. The molecule has 0 aliphatic rings. The number of ether oxygens (including phenoxy) is 1.